The maximum atomic E-state index is 13.4. The Morgan fingerprint density at radius 3 is 2.42 bits per heavy atom. The average molecular weight is 501 g/mol. The second-order valence-corrected chi connectivity index (χ2v) is 8.22. The first kappa shape index (κ1) is 24.9. The van der Waals surface area contributed by atoms with Gasteiger partial charge in [0.1, 0.15) is 11.9 Å². The molecule has 12 nitrogen and oxygen atoms in total. The first-order valence-corrected chi connectivity index (χ1v) is 11.3. The minimum atomic E-state index is -2.65. The van der Waals surface area contributed by atoms with E-state index in [4.69, 9.17) is 0 Å². The summed E-state index contributed by atoms with van der Waals surface area (Å²) in [6, 6.07) is 0.758. The number of aromatic nitrogens is 6. The number of carbonyl (C=O) groups excluding carboxylic acids is 2. The maximum Gasteiger partial charge on any atom is 0.271 e. The third-order valence-electron chi connectivity index (χ3n) is 5.85. The van der Waals surface area contributed by atoms with Crippen LogP contribution in [0.1, 0.15) is 36.3 Å². The predicted molar refractivity (Wildman–Crippen MR) is 128 cm³/mol. The molecule has 0 radical (unpaired) electrons. The van der Waals surface area contributed by atoms with Crippen LogP contribution in [0.25, 0.3) is 11.4 Å². The van der Waals surface area contributed by atoms with E-state index in [1.807, 2.05) is 0 Å². The summed E-state index contributed by atoms with van der Waals surface area (Å²) in [6.45, 7) is 1.99. The molecule has 2 amide bonds. The molecule has 1 aliphatic heterocycles. The van der Waals surface area contributed by atoms with Gasteiger partial charge in [0.15, 0.2) is 17.3 Å². The third kappa shape index (κ3) is 5.21. The third-order valence-corrected chi connectivity index (χ3v) is 5.85. The SMILES string of the molecule is CNC(=O)c1c(NC)ncn1C(C)C(=O)Nc1ccnc(-c2cnc(N3CCC(F)(F)CC3)nc2)n1. The van der Waals surface area contributed by atoms with Crippen molar-refractivity contribution in [2.24, 2.45) is 0 Å². The van der Waals surface area contributed by atoms with Gasteiger partial charge in [0, 0.05) is 58.6 Å². The van der Waals surface area contributed by atoms with Gasteiger partial charge in [-0.2, -0.15) is 0 Å². The normalized spacial score (nSPS) is 15.8. The predicted octanol–water partition coefficient (Wildman–Crippen LogP) is 1.97. The largest absolute Gasteiger partial charge is 0.371 e. The summed E-state index contributed by atoms with van der Waals surface area (Å²) >= 11 is 0. The maximum absolute atomic E-state index is 13.4. The Kier molecular flexibility index (Phi) is 7.03. The van der Waals surface area contributed by atoms with Crippen LogP contribution in [0.4, 0.5) is 26.4 Å². The smallest absolute Gasteiger partial charge is 0.271 e. The van der Waals surface area contributed by atoms with Crippen molar-refractivity contribution >= 4 is 29.4 Å². The summed E-state index contributed by atoms with van der Waals surface area (Å²) in [6.07, 6.45) is 5.45. The number of nitrogens with one attached hydrogen (secondary N) is 3. The van der Waals surface area contributed by atoms with Crippen LogP contribution >= 0.6 is 0 Å². The lowest BCUT2D eigenvalue weighted by Gasteiger charge is -2.31. The van der Waals surface area contributed by atoms with E-state index < -0.39 is 17.9 Å². The van der Waals surface area contributed by atoms with Gasteiger partial charge in [0.05, 0.1) is 11.9 Å². The van der Waals surface area contributed by atoms with E-state index in [9.17, 15) is 18.4 Å². The lowest BCUT2D eigenvalue weighted by atomic mass is 10.1. The van der Waals surface area contributed by atoms with Crippen LogP contribution in [0.5, 0.6) is 0 Å². The highest BCUT2D eigenvalue weighted by Crippen LogP contribution is 2.29. The molecule has 3 N–H and O–H groups in total. The number of imidazole rings is 1. The number of nitrogens with zero attached hydrogens (tertiary/aromatic N) is 7. The second-order valence-electron chi connectivity index (χ2n) is 8.22. The molecule has 4 heterocycles. The quantitative estimate of drug-likeness (QED) is 0.444. The summed E-state index contributed by atoms with van der Waals surface area (Å²) < 4.78 is 28.3. The zero-order valence-electron chi connectivity index (χ0n) is 20.0. The highest BCUT2D eigenvalue weighted by molar-refractivity contribution is 5.99. The Morgan fingerprint density at radius 1 is 1.08 bits per heavy atom. The van der Waals surface area contributed by atoms with Crippen LogP contribution in [0.15, 0.2) is 31.0 Å². The molecule has 3 aromatic rings. The number of rotatable bonds is 7. The van der Waals surface area contributed by atoms with Crippen LogP contribution in [0, 0.1) is 0 Å². The number of anilines is 3. The van der Waals surface area contributed by atoms with Crippen molar-refractivity contribution in [2.75, 3.05) is 42.7 Å². The van der Waals surface area contributed by atoms with Gasteiger partial charge < -0.3 is 25.4 Å². The van der Waals surface area contributed by atoms with Gasteiger partial charge in [-0.3, -0.25) is 9.59 Å². The zero-order chi connectivity index (χ0) is 25.9. The molecule has 1 atom stereocenters. The van der Waals surface area contributed by atoms with Crippen molar-refractivity contribution < 1.29 is 18.4 Å². The number of halogens is 2. The minimum absolute atomic E-state index is 0.177. The van der Waals surface area contributed by atoms with Gasteiger partial charge in [0.2, 0.25) is 11.9 Å². The zero-order valence-corrected chi connectivity index (χ0v) is 20.0. The van der Waals surface area contributed by atoms with E-state index in [2.05, 4.69) is 40.9 Å². The van der Waals surface area contributed by atoms with Crippen LogP contribution < -0.4 is 20.9 Å². The monoisotopic (exact) mass is 500 g/mol. The molecule has 1 aliphatic rings. The average Bonchev–Trinajstić information content (AvgIpc) is 3.32. The molecule has 4 rings (SSSR count). The van der Waals surface area contributed by atoms with Crippen molar-refractivity contribution in [3.8, 4) is 11.4 Å². The molecule has 1 saturated heterocycles. The summed E-state index contributed by atoms with van der Waals surface area (Å²) in [4.78, 5) is 48.2. The van der Waals surface area contributed by atoms with Crippen LogP contribution in [-0.4, -0.2) is 74.4 Å². The van der Waals surface area contributed by atoms with Crippen LogP contribution in [-0.2, 0) is 4.79 Å². The van der Waals surface area contributed by atoms with Gasteiger partial charge >= 0.3 is 0 Å². The number of carbonyl (C=O) groups is 2. The van der Waals surface area contributed by atoms with E-state index >= 15 is 0 Å². The Labute approximate surface area is 205 Å². The first-order valence-electron chi connectivity index (χ1n) is 11.3. The number of alkyl halides is 2. The van der Waals surface area contributed by atoms with Gasteiger partial charge in [-0.1, -0.05) is 0 Å². The van der Waals surface area contributed by atoms with E-state index in [0.29, 0.717) is 17.3 Å². The Morgan fingerprint density at radius 2 is 1.78 bits per heavy atom. The number of hydrogen-bond donors (Lipinski definition) is 3. The molecule has 36 heavy (non-hydrogen) atoms. The summed E-state index contributed by atoms with van der Waals surface area (Å²) in [5, 5.41) is 8.10. The molecule has 0 aromatic carbocycles. The summed E-state index contributed by atoms with van der Waals surface area (Å²) in [5.74, 6) is -2.22. The van der Waals surface area contributed by atoms with Crippen molar-refractivity contribution in [1.29, 1.82) is 0 Å². The molecule has 14 heteroatoms. The lowest BCUT2D eigenvalue weighted by molar-refractivity contribution is -0.118. The summed E-state index contributed by atoms with van der Waals surface area (Å²) in [7, 11) is 3.13. The second kappa shape index (κ2) is 10.2. The fourth-order valence-corrected chi connectivity index (χ4v) is 3.74. The Balaban J connectivity index is 1.47. The van der Waals surface area contributed by atoms with Gasteiger partial charge in [-0.05, 0) is 13.0 Å². The topological polar surface area (TPSA) is 143 Å². The van der Waals surface area contributed by atoms with Crippen molar-refractivity contribution in [2.45, 2.75) is 31.7 Å². The molecule has 1 unspecified atom stereocenters. The van der Waals surface area contributed by atoms with Gasteiger partial charge in [0.25, 0.3) is 11.8 Å². The van der Waals surface area contributed by atoms with Gasteiger partial charge in [-0.25, -0.2) is 33.7 Å². The lowest BCUT2D eigenvalue weighted by Crippen LogP contribution is -2.40. The fraction of sp³-hybridized carbons (Fsp3) is 0.409. The molecule has 0 bridgehead atoms. The van der Waals surface area contributed by atoms with E-state index in [0.717, 1.165) is 0 Å². The number of piperidine rings is 1. The standard InChI is InChI=1S/C22H26F2N10O2/c1-13(34-12-30-18(25-2)16(34)20(36)26-3)19(35)32-15-4-7-27-17(31-15)14-10-28-21(29-11-14)33-8-5-22(23,24)6-9-33/h4,7,10-13,25H,5-6,8-9H2,1-3H3,(H,26,36)(H,27,31,32,35). The summed E-state index contributed by atoms with van der Waals surface area (Å²) in [5.41, 5.74) is 0.723. The molecular weight excluding hydrogens is 474 g/mol. The molecule has 1 fully saturated rings. The molecular formula is C22H26F2N10O2. The number of hydrogen-bond acceptors (Lipinski definition) is 9. The molecule has 0 saturated carbocycles. The molecule has 0 aliphatic carbocycles. The Bertz CT molecular complexity index is 1240. The highest BCUT2D eigenvalue weighted by Gasteiger charge is 2.34. The van der Waals surface area contributed by atoms with Crippen molar-refractivity contribution in [1.82, 2.24) is 34.8 Å². The van der Waals surface area contributed by atoms with E-state index in [-0.39, 0.29) is 49.2 Å². The molecule has 190 valence electrons. The first-order chi connectivity index (χ1) is 17.2. The van der Waals surface area contributed by atoms with Crippen LogP contribution in [0.2, 0.25) is 0 Å². The highest BCUT2D eigenvalue weighted by atomic mass is 19.3. The van der Waals surface area contributed by atoms with Crippen LogP contribution in [0.3, 0.4) is 0 Å². The Hall–Kier alpha value is -4.23. The molecule has 3 aromatic heterocycles. The minimum Gasteiger partial charge on any atom is -0.371 e. The van der Waals surface area contributed by atoms with Crippen molar-refractivity contribution in [3.05, 3.63) is 36.7 Å². The van der Waals surface area contributed by atoms with Crippen molar-refractivity contribution in [3.63, 3.8) is 0 Å². The van der Waals surface area contributed by atoms with E-state index in [1.54, 1.807) is 18.9 Å². The molecule has 0 spiro atoms. The fourth-order valence-electron chi connectivity index (χ4n) is 3.74. The number of amides is 2. The van der Waals surface area contributed by atoms with E-state index in [1.165, 1.54) is 42.6 Å². The van der Waals surface area contributed by atoms with Gasteiger partial charge in [-0.15, -0.1) is 0 Å².